The summed E-state index contributed by atoms with van der Waals surface area (Å²) in [6.07, 6.45) is -2.17. The summed E-state index contributed by atoms with van der Waals surface area (Å²) >= 11 is 0. The molecule has 0 fully saturated rings. The van der Waals surface area contributed by atoms with Gasteiger partial charge in [0.2, 0.25) is 0 Å². The zero-order chi connectivity index (χ0) is 15.6. The van der Waals surface area contributed by atoms with E-state index in [2.05, 4.69) is 15.0 Å². The number of aliphatic carboxylic acids is 1. The van der Waals surface area contributed by atoms with Crippen molar-refractivity contribution in [2.45, 2.75) is 25.4 Å². The van der Waals surface area contributed by atoms with Crippen molar-refractivity contribution < 1.29 is 24.1 Å². The summed E-state index contributed by atoms with van der Waals surface area (Å²) < 4.78 is 20.2. The lowest BCUT2D eigenvalue weighted by atomic mass is 10.3. The molecule has 0 aromatic carbocycles. The van der Waals surface area contributed by atoms with Crippen molar-refractivity contribution in [2.75, 3.05) is 12.3 Å². The van der Waals surface area contributed by atoms with Crippen LogP contribution < -0.4 is 5.73 Å². The molecule has 0 aliphatic rings. The fraction of sp³-hybridized carbons (Fsp3) is 0.455. The molecule has 3 atom stereocenters. The number of anilines is 1. The number of carboxylic acids is 1. The van der Waals surface area contributed by atoms with E-state index < -0.39 is 31.1 Å². The van der Waals surface area contributed by atoms with E-state index in [1.807, 2.05) is 0 Å². The maximum atomic E-state index is 13.9. The number of nitrogens with zero attached hydrogens (tertiary/aromatic N) is 4. The van der Waals surface area contributed by atoms with Crippen LogP contribution in [0.3, 0.4) is 0 Å². The molecule has 4 N–H and O–H groups in total. The maximum absolute atomic E-state index is 13.9. The number of hydrogen-bond acceptors (Lipinski definition) is 7. The average Bonchev–Trinajstić information content (AvgIpc) is 2.88. The van der Waals surface area contributed by atoms with Crippen LogP contribution in [-0.2, 0) is 9.53 Å². The van der Waals surface area contributed by atoms with E-state index in [9.17, 15) is 9.18 Å². The Kier molecular flexibility index (Phi) is 4.29. The molecule has 0 spiro atoms. The van der Waals surface area contributed by atoms with Crippen LogP contribution in [0.2, 0.25) is 0 Å². The third-order valence-corrected chi connectivity index (χ3v) is 2.84. The number of hydrogen-bond donors (Lipinski definition) is 3. The van der Waals surface area contributed by atoms with Gasteiger partial charge in [-0.05, 0) is 6.92 Å². The van der Waals surface area contributed by atoms with Crippen molar-refractivity contribution in [1.29, 1.82) is 0 Å². The van der Waals surface area contributed by atoms with Gasteiger partial charge in [-0.15, -0.1) is 0 Å². The van der Waals surface area contributed by atoms with Crippen molar-refractivity contribution in [3.8, 4) is 0 Å². The first-order valence-electron chi connectivity index (χ1n) is 6.02. The average molecular weight is 299 g/mol. The molecular formula is C11H14FN5O4. The van der Waals surface area contributed by atoms with Gasteiger partial charge in [0.1, 0.15) is 11.8 Å². The van der Waals surface area contributed by atoms with Crippen LogP contribution in [0.25, 0.3) is 11.2 Å². The summed E-state index contributed by atoms with van der Waals surface area (Å²) in [4.78, 5) is 22.5. The number of fused-ring (bicyclic) bond motifs is 1. The summed E-state index contributed by atoms with van der Waals surface area (Å²) in [5, 5.41) is 17.8. The fourth-order valence-corrected chi connectivity index (χ4v) is 1.74. The molecule has 0 aliphatic carbocycles. The molecule has 0 radical (unpaired) electrons. The minimum atomic E-state index is -1.86. The number of ether oxygens (including phenoxy) is 1. The predicted molar refractivity (Wildman–Crippen MR) is 68.9 cm³/mol. The number of alkyl halides is 1. The van der Waals surface area contributed by atoms with Gasteiger partial charge in [-0.1, -0.05) is 0 Å². The van der Waals surface area contributed by atoms with Gasteiger partial charge in [0, 0.05) is 0 Å². The first-order chi connectivity index (χ1) is 9.95. The molecule has 114 valence electrons. The molecule has 2 aromatic heterocycles. The fourth-order valence-electron chi connectivity index (χ4n) is 1.74. The van der Waals surface area contributed by atoms with Crippen LogP contribution in [0.4, 0.5) is 10.2 Å². The molecule has 2 rings (SSSR count). The van der Waals surface area contributed by atoms with Crippen molar-refractivity contribution in [3.63, 3.8) is 0 Å². The number of nitrogen functional groups attached to an aromatic ring is 1. The Morgan fingerprint density at radius 1 is 1.52 bits per heavy atom. The molecule has 0 amide bonds. The molecule has 10 heteroatoms. The third kappa shape index (κ3) is 2.90. The largest absolute Gasteiger partial charge is 0.479 e. The lowest BCUT2D eigenvalue weighted by molar-refractivity contribution is -0.162. The van der Waals surface area contributed by atoms with Crippen LogP contribution in [0.15, 0.2) is 12.7 Å². The van der Waals surface area contributed by atoms with Crippen molar-refractivity contribution >= 4 is 23.0 Å². The van der Waals surface area contributed by atoms with Gasteiger partial charge < -0.3 is 20.7 Å². The van der Waals surface area contributed by atoms with Gasteiger partial charge in [-0.2, -0.15) is 0 Å². The number of aromatic nitrogens is 4. The van der Waals surface area contributed by atoms with E-state index in [0.717, 1.165) is 0 Å². The Morgan fingerprint density at radius 2 is 2.24 bits per heavy atom. The highest BCUT2D eigenvalue weighted by Crippen LogP contribution is 2.24. The zero-order valence-electron chi connectivity index (χ0n) is 11.0. The number of aliphatic hydroxyl groups excluding tert-OH is 1. The Balaban J connectivity index is 2.44. The molecule has 2 aromatic rings. The number of nitrogens with two attached hydrogens (primary N) is 1. The van der Waals surface area contributed by atoms with Crippen LogP contribution >= 0.6 is 0 Å². The highest BCUT2D eigenvalue weighted by Gasteiger charge is 2.29. The molecule has 3 unspecified atom stereocenters. The lowest BCUT2D eigenvalue weighted by Gasteiger charge is -2.23. The molecule has 2 heterocycles. The standard InChI is InChI=1S/C11H14FN5O4/c1-5(11(19)20)21-10(6(12)2-18)17-4-16-7-8(13)14-3-15-9(7)17/h3-6,10,18H,2H2,1H3,(H,19,20)(H2,13,14,15). The second-order valence-electron chi connectivity index (χ2n) is 4.29. The lowest BCUT2D eigenvalue weighted by Crippen LogP contribution is -2.32. The Labute approximate surface area is 118 Å². The zero-order valence-corrected chi connectivity index (χ0v) is 11.0. The second-order valence-corrected chi connectivity index (χ2v) is 4.29. The van der Waals surface area contributed by atoms with Crippen LogP contribution in [0, 0.1) is 0 Å². The molecule has 0 aliphatic heterocycles. The Bertz CT molecular complexity index is 649. The quantitative estimate of drug-likeness (QED) is 0.663. The molecule has 0 saturated carbocycles. The van der Waals surface area contributed by atoms with Crippen LogP contribution in [0.1, 0.15) is 13.2 Å². The van der Waals surface area contributed by atoms with Crippen LogP contribution in [-0.4, -0.2) is 54.6 Å². The van der Waals surface area contributed by atoms with Crippen molar-refractivity contribution in [1.82, 2.24) is 19.5 Å². The van der Waals surface area contributed by atoms with Gasteiger partial charge in [0.15, 0.2) is 30.0 Å². The summed E-state index contributed by atoms with van der Waals surface area (Å²) in [6, 6.07) is 0. The Morgan fingerprint density at radius 3 is 2.86 bits per heavy atom. The van der Waals surface area contributed by atoms with Gasteiger partial charge >= 0.3 is 5.97 Å². The van der Waals surface area contributed by atoms with Crippen molar-refractivity contribution in [3.05, 3.63) is 12.7 Å². The first kappa shape index (κ1) is 15.1. The maximum Gasteiger partial charge on any atom is 0.332 e. The SMILES string of the molecule is CC(OC(C(F)CO)n1cnc2c(N)ncnc21)C(=O)O. The normalized spacial score (nSPS) is 15.8. The molecule has 9 nitrogen and oxygen atoms in total. The Hall–Kier alpha value is -2.33. The number of imidazole rings is 1. The third-order valence-electron chi connectivity index (χ3n) is 2.84. The molecule has 21 heavy (non-hydrogen) atoms. The van der Waals surface area contributed by atoms with E-state index in [4.69, 9.17) is 20.7 Å². The van der Waals surface area contributed by atoms with E-state index >= 15 is 0 Å². The van der Waals surface area contributed by atoms with Gasteiger partial charge in [0.25, 0.3) is 0 Å². The number of carboxylic acid groups (broad SMARTS) is 1. The van der Waals surface area contributed by atoms with Gasteiger partial charge in [-0.25, -0.2) is 24.1 Å². The van der Waals surface area contributed by atoms with Crippen LogP contribution in [0.5, 0.6) is 0 Å². The highest BCUT2D eigenvalue weighted by atomic mass is 19.1. The van der Waals surface area contributed by atoms with Gasteiger partial charge in [0.05, 0.1) is 12.9 Å². The number of halogens is 1. The number of aliphatic hydroxyl groups is 1. The smallest absolute Gasteiger partial charge is 0.332 e. The summed E-state index contributed by atoms with van der Waals surface area (Å²) in [6.45, 7) is 0.402. The molecular weight excluding hydrogens is 285 g/mol. The summed E-state index contributed by atoms with van der Waals surface area (Å²) in [7, 11) is 0. The monoisotopic (exact) mass is 299 g/mol. The summed E-state index contributed by atoms with van der Waals surface area (Å²) in [5.74, 6) is -1.16. The second kappa shape index (κ2) is 5.97. The van der Waals surface area contributed by atoms with E-state index in [-0.39, 0.29) is 17.0 Å². The summed E-state index contributed by atoms with van der Waals surface area (Å²) in [5.41, 5.74) is 6.04. The van der Waals surface area contributed by atoms with Gasteiger partial charge in [-0.3, -0.25) is 4.57 Å². The first-order valence-corrected chi connectivity index (χ1v) is 6.02. The number of carbonyl (C=O) groups is 1. The number of rotatable bonds is 6. The van der Waals surface area contributed by atoms with E-state index in [1.165, 1.54) is 24.1 Å². The molecule has 0 saturated heterocycles. The predicted octanol–water partition coefficient (Wildman–Crippen LogP) is -0.273. The highest BCUT2D eigenvalue weighted by molar-refractivity contribution is 5.81. The topological polar surface area (TPSA) is 136 Å². The van der Waals surface area contributed by atoms with E-state index in [1.54, 1.807) is 0 Å². The van der Waals surface area contributed by atoms with Crippen molar-refractivity contribution in [2.24, 2.45) is 0 Å². The van der Waals surface area contributed by atoms with E-state index in [0.29, 0.717) is 0 Å². The molecule has 0 bridgehead atoms. The minimum Gasteiger partial charge on any atom is -0.479 e. The minimum absolute atomic E-state index is 0.100.